The van der Waals surface area contributed by atoms with Crippen molar-refractivity contribution < 1.29 is 32.8 Å². The van der Waals surface area contributed by atoms with Crippen LogP contribution in [0.2, 0.25) is 0 Å². The molecule has 28 heavy (non-hydrogen) atoms. The molecule has 7 nitrogen and oxygen atoms in total. The average molecular weight is 401 g/mol. The number of halogens is 3. The molecule has 1 aliphatic heterocycles. The highest BCUT2D eigenvalue weighted by atomic mass is 19.2. The van der Waals surface area contributed by atoms with Crippen LogP contribution >= 0.6 is 0 Å². The van der Waals surface area contributed by atoms with Gasteiger partial charge in [-0.15, -0.1) is 0 Å². The minimum atomic E-state index is -1.74. The summed E-state index contributed by atoms with van der Waals surface area (Å²) in [5.74, 6) is -5.48. The van der Waals surface area contributed by atoms with Gasteiger partial charge in [0.2, 0.25) is 11.8 Å². The van der Waals surface area contributed by atoms with E-state index < -0.39 is 54.9 Å². The first-order valence-corrected chi connectivity index (χ1v) is 8.94. The lowest BCUT2D eigenvalue weighted by Gasteiger charge is -2.41. The Labute approximate surface area is 161 Å². The Kier molecular flexibility index (Phi) is 7.31. The Morgan fingerprint density at radius 3 is 2.39 bits per heavy atom. The predicted octanol–water partition coefficient (Wildman–Crippen LogP) is 0.342. The van der Waals surface area contributed by atoms with Crippen LogP contribution in [-0.4, -0.2) is 54.1 Å². The standard InChI is InChI=1S/C17H23BF3N3O4/c1-9(2)5-15(18(27)28)23-16(25)8-22-17(26)13-3-4-24(13)14-7-11(20)10(19)6-12(14)21/h6-7,9,13,15,27-28H,3-5,8H2,1-2H3,(H,22,26)(H,23,25)/t13-,15?/m0/s1. The summed E-state index contributed by atoms with van der Waals surface area (Å²) in [7, 11) is -1.74. The van der Waals surface area contributed by atoms with Crippen molar-refractivity contribution in [1.29, 1.82) is 0 Å². The number of amides is 2. The van der Waals surface area contributed by atoms with E-state index in [2.05, 4.69) is 10.6 Å². The number of rotatable bonds is 8. The summed E-state index contributed by atoms with van der Waals surface area (Å²) in [5, 5.41) is 23.4. The number of nitrogens with zero attached hydrogens (tertiary/aromatic N) is 1. The largest absolute Gasteiger partial charge is 0.475 e. The molecule has 1 saturated heterocycles. The molecule has 1 heterocycles. The molecular formula is C17H23BF3N3O4. The molecular weight excluding hydrogens is 378 g/mol. The number of hydrogen-bond donors (Lipinski definition) is 4. The van der Waals surface area contributed by atoms with Gasteiger partial charge >= 0.3 is 7.12 Å². The number of nitrogens with one attached hydrogen (secondary N) is 2. The molecule has 2 amide bonds. The topological polar surface area (TPSA) is 102 Å². The molecule has 0 radical (unpaired) electrons. The van der Waals surface area contributed by atoms with E-state index in [1.165, 1.54) is 4.90 Å². The lowest BCUT2D eigenvalue weighted by atomic mass is 9.75. The lowest BCUT2D eigenvalue weighted by molar-refractivity contribution is -0.127. The Bertz CT molecular complexity index is 736. The summed E-state index contributed by atoms with van der Waals surface area (Å²) in [4.78, 5) is 25.5. The van der Waals surface area contributed by atoms with Crippen LogP contribution in [-0.2, 0) is 9.59 Å². The van der Waals surface area contributed by atoms with E-state index in [9.17, 15) is 32.8 Å². The van der Waals surface area contributed by atoms with Crippen LogP contribution in [0, 0.1) is 23.4 Å². The summed E-state index contributed by atoms with van der Waals surface area (Å²) in [6, 6.07) is 0.290. The number of anilines is 1. The SMILES string of the molecule is CC(C)CC(NC(=O)CNC(=O)[C@@H]1CCN1c1cc(F)c(F)cc1F)B(O)O. The normalized spacial score (nSPS) is 17.1. The van der Waals surface area contributed by atoms with Gasteiger partial charge in [0.05, 0.1) is 18.2 Å². The molecule has 11 heteroatoms. The Morgan fingerprint density at radius 2 is 1.86 bits per heavy atom. The minimum Gasteiger partial charge on any atom is -0.426 e. The van der Waals surface area contributed by atoms with Crippen LogP contribution in [0.1, 0.15) is 26.7 Å². The summed E-state index contributed by atoms with van der Waals surface area (Å²) < 4.78 is 40.3. The first-order chi connectivity index (χ1) is 13.1. The zero-order chi connectivity index (χ0) is 21.0. The van der Waals surface area contributed by atoms with Crippen LogP contribution in [0.3, 0.4) is 0 Å². The highest BCUT2D eigenvalue weighted by Gasteiger charge is 2.36. The third-order valence-corrected chi connectivity index (χ3v) is 4.48. The molecule has 1 aromatic carbocycles. The Hall–Kier alpha value is -2.27. The van der Waals surface area contributed by atoms with Gasteiger partial charge in [-0.25, -0.2) is 13.2 Å². The van der Waals surface area contributed by atoms with Crippen molar-refractivity contribution in [2.75, 3.05) is 18.0 Å². The molecule has 2 atom stereocenters. The summed E-state index contributed by atoms with van der Waals surface area (Å²) in [5.41, 5.74) is -0.227. The summed E-state index contributed by atoms with van der Waals surface area (Å²) >= 11 is 0. The van der Waals surface area contributed by atoms with Crippen molar-refractivity contribution in [2.24, 2.45) is 5.92 Å². The fourth-order valence-corrected chi connectivity index (χ4v) is 2.99. The van der Waals surface area contributed by atoms with Gasteiger partial charge in [-0.2, -0.15) is 0 Å². The second-order valence-electron chi connectivity index (χ2n) is 7.15. The van der Waals surface area contributed by atoms with Crippen molar-refractivity contribution >= 4 is 24.6 Å². The summed E-state index contributed by atoms with van der Waals surface area (Å²) in [6.45, 7) is 3.57. The van der Waals surface area contributed by atoms with Gasteiger partial charge in [0.1, 0.15) is 11.9 Å². The zero-order valence-corrected chi connectivity index (χ0v) is 15.6. The molecule has 0 saturated carbocycles. The molecule has 0 spiro atoms. The van der Waals surface area contributed by atoms with Crippen molar-refractivity contribution in [2.45, 2.75) is 38.7 Å². The molecule has 1 unspecified atom stereocenters. The molecule has 4 N–H and O–H groups in total. The van der Waals surface area contributed by atoms with Gasteiger partial charge in [-0.05, 0) is 18.8 Å². The minimum absolute atomic E-state index is 0.108. The monoisotopic (exact) mass is 401 g/mol. The fourth-order valence-electron chi connectivity index (χ4n) is 2.99. The van der Waals surface area contributed by atoms with E-state index in [-0.39, 0.29) is 18.2 Å². The number of hydrogen-bond acceptors (Lipinski definition) is 5. The maximum absolute atomic E-state index is 13.9. The molecule has 1 aliphatic rings. The second-order valence-corrected chi connectivity index (χ2v) is 7.15. The van der Waals surface area contributed by atoms with Gasteiger partial charge in [0.15, 0.2) is 11.6 Å². The highest BCUT2D eigenvalue weighted by molar-refractivity contribution is 6.43. The van der Waals surface area contributed by atoms with Crippen molar-refractivity contribution in [3.8, 4) is 0 Å². The number of carbonyl (C=O) groups excluding carboxylic acids is 2. The molecule has 2 rings (SSSR count). The van der Waals surface area contributed by atoms with E-state index in [0.29, 0.717) is 25.0 Å². The highest BCUT2D eigenvalue weighted by Crippen LogP contribution is 2.30. The maximum atomic E-state index is 13.9. The van der Waals surface area contributed by atoms with Gasteiger partial charge in [-0.1, -0.05) is 13.8 Å². The van der Waals surface area contributed by atoms with E-state index in [0.717, 1.165) is 0 Å². The van der Waals surface area contributed by atoms with Crippen LogP contribution in [0.25, 0.3) is 0 Å². The van der Waals surface area contributed by atoms with Gasteiger partial charge in [0, 0.05) is 18.7 Å². The van der Waals surface area contributed by atoms with Crippen LogP contribution in [0.4, 0.5) is 18.9 Å². The maximum Gasteiger partial charge on any atom is 0.475 e. The predicted molar refractivity (Wildman–Crippen MR) is 96.7 cm³/mol. The first kappa shape index (κ1) is 22.0. The van der Waals surface area contributed by atoms with Crippen LogP contribution in [0.5, 0.6) is 0 Å². The van der Waals surface area contributed by atoms with E-state index in [4.69, 9.17) is 0 Å². The average Bonchev–Trinajstić information content (AvgIpc) is 2.55. The molecule has 0 bridgehead atoms. The van der Waals surface area contributed by atoms with Gasteiger partial charge < -0.3 is 25.6 Å². The van der Waals surface area contributed by atoms with Crippen LogP contribution in [0.15, 0.2) is 12.1 Å². The third-order valence-electron chi connectivity index (χ3n) is 4.48. The molecule has 0 aromatic heterocycles. The van der Waals surface area contributed by atoms with Crippen molar-refractivity contribution in [1.82, 2.24) is 10.6 Å². The van der Waals surface area contributed by atoms with Gasteiger partial charge in [0.25, 0.3) is 0 Å². The van der Waals surface area contributed by atoms with Crippen LogP contribution < -0.4 is 15.5 Å². The zero-order valence-electron chi connectivity index (χ0n) is 15.6. The summed E-state index contributed by atoms with van der Waals surface area (Å²) in [6.07, 6.45) is 0.695. The fraction of sp³-hybridized carbons (Fsp3) is 0.529. The molecule has 1 aromatic rings. The van der Waals surface area contributed by atoms with Gasteiger partial charge in [-0.3, -0.25) is 9.59 Å². The third kappa shape index (κ3) is 5.38. The Balaban J connectivity index is 1.91. The first-order valence-electron chi connectivity index (χ1n) is 8.94. The number of carbonyl (C=O) groups is 2. The molecule has 154 valence electrons. The lowest BCUT2D eigenvalue weighted by Crippen LogP contribution is -2.58. The second kappa shape index (κ2) is 9.29. The van der Waals surface area contributed by atoms with E-state index >= 15 is 0 Å². The van der Waals surface area contributed by atoms with Crippen molar-refractivity contribution in [3.05, 3.63) is 29.6 Å². The molecule has 0 aliphatic carbocycles. The number of benzene rings is 1. The quantitative estimate of drug-likeness (QED) is 0.372. The van der Waals surface area contributed by atoms with E-state index in [1.54, 1.807) is 0 Å². The smallest absolute Gasteiger partial charge is 0.426 e. The Morgan fingerprint density at radius 1 is 1.21 bits per heavy atom. The molecule has 1 fully saturated rings. The van der Waals surface area contributed by atoms with Crippen molar-refractivity contribution in [3.63, 3.8) is 0 Å². The van der Waals surface area contributed by atoms with E-state index in [1.807, 2.05) is 13.8 Å².